The fourth-order valence-electron chi connectivity index (χ4n) is 2.42. The average Bonchev–Trinajstić information content (AvgIpc) is 3.10. The Morgan fingerprint density at radius 2 is 1.90 bits per heavy atom. The highest BCUT2D eigenvalue weighted by Crippen LogP contribution is 2.24. The predicted octanol–water partition coefficient (Wildman–Crippen LogP) is 6.02. The van der Waals surface area contributed by atoms with Crippen LogP contribution in [0.5, 0.6) is 0 Å². The van der Waals surface area contributed by atoms with Gasteiger partial charge in [-0.2, -0.15) is 0 Å². The third-order valence-corrected chi connectivity index (χ3v) is 4.94. The molecule has 1 N–H and O–H groups in total. The van der Waals surface area contributed by atoms with Gasteiger partial charge in [-0.05, 0) is 38.0 Å². The lowest BCUT2D eigenvalue weighted by atomic mass is 10.1. The smallest absolute Gasteiger partial charge is 0.230 e. The average molecular weight is 413 g/mol. The Kier molecular flexibility index (Phi) is 11.5. The number of thioether (sulfide) groups is 1. The van der Waals surface area contributed by atoms with Crippen molar-refractivity contribution in [2.45, 2.75) is 39.9 Å². The molecular formula is C24H32N2O2S. The van der Waals surface area contributed by atoms with Gasteiger partial charge in [-0.1, -0.05) is 62.9 Å². The molecule has 0 aliphatic heterocycles. The molecule has 0 saturated heterocycles. The lowest BCUT2D eigenvalue weighted by Crippen LogP contribution is -2.26. The maximum atomic E-state index is 12.0. The summed E-state index contributed by atoms with van der Waals surface area (Å²) in [7, 11) is 0. The lowest BCUT2D eigenvalue weighted by molar-refractivity contribution is -0.118. The number of rotatable bonds is 10. The molecule has 1 heterocycles. The van der Waals surface area contributed by atoms with Crippen LogP contribution < -0.4 is 5.32 Å². The third kappa shape index (κ3) is 8.57. The molecule has 1 aromatic heterocycles. The fourth-order valence-corrected chi connectivity index (χ4v) is 3.27. The number of benzene rings is 1. The molecule has 0 bridgehead atoms. The van der Waals surface area contributed by atoms with Gasteiger partial charge in [-0.15, -0.1) is 11.8 Å². The van der Waals surface area contributed by atoms with E-state index in [9.17, 15) is 4.79 Å². The first-order valence-corrected chi connectivity index (χ1v) is 11.0. The van der Waals surface area contributed by atoms with Crippen molar-refractivity contribution in [3.05, 3.63) is 78.2 Å². The molecule has 4 nitrogen and oxygen atoms in total. The molecule has 1 aromatic carbocycles. The Balaban J connectivity index is 0.00000204. The molecule has 2 aromatic rings. The topological polar surface area (TPSA) is 55.1 Å². The third-order valence-electron chi connectivity index (χ3n) is 3.99. The molecule has 0 fully saturated rings. The first-order chi connectivity index (χ1) is 14.0. The molecule has 156 valence electrons. The van der Waals surface area contributed by atoms with E-state index in [1.54, 1.807) is 12.2 Å². The van der Waals surface area contributed by atoms with Gasteiger partial charge in [0.1, 0.15) is 5.76 Å². The number of hydrogen-bond donors (Lipinski definition) is 1. The van der Waals surface area contributed by atoms with E-state index >= 15 is 0 Å². The zero-order valence-electron chi connectivity index (χ0n) is 18.0. The standard InChI is InChI=1S/C22H26N2O2S.C2H6/c1-5-7-18(6-2)12-13-23-21(25)15-27-14-20-17(4)26-22(24-20)19-10-8-16(3)9-11-19;1-2/h5-11H,1-2,12-15H2,3-4H3,(H,23,25);1-2H3/b18-7+;. The van der Waals surface area contributed by atoms with Gasteiger partial charge in [-0.3, -0.25) is 4.79 Å². The SMILES string of the molecule is C=C/C=C(\C=C)CCNC(=O)CSCc1nc(-c2ccc(C)cc2)oc1C.CC. The van der Waals surface area contributed by atoms with Crippen LogP contribution in [0.3, 0.4) is 0 Å². The number of hydrogen-bond acceptors (Lipinski definition) is 4. The number of carbonyl (C=O) groups is 1. The molecule has 0 radical (unpaired) electrons. The van der Waals surface area contributed by atoms with Crippen LogP contribution in [0.1, 0.15) is 37.3 Å². The van der Waals surface area contributed by atoms with Crippen molar-refractivity contribution in [2.75, 3.05) is 12.3 Å². The molecule has 29 heavy (non-hydrogen) atoms. The summed E-state index contributed by atoms with van der Waals surface area (Å²) in [5, 5.41) is 2.92. The summed E-state index contributed by atoms with van der Waals surface area (Å²) < 4.78 is 5.78. The zero-order chi connectivity index (χ0) is 21.6. The van der Waals surface area contributed by atoms with Gasteiger partial charge >= 0.3 is 0 Å². The minimum absolute atomic E-state index is 0.0157. The van der Waals surface area contributed by atoms with Crippen molar-refractivity contribution in [3.63, 3.8) is 0 Å². The van der Waals surface area contributed by atoms with Gasteiger partial charge in [-0.25, -0.2) is 4.98 Å². The number of oxazole rings is 1. The van der Waals surface area contributed by atoms with E-state index in [2.05, 4.69) is 23.5 Å². The predicted molar refractivity (Wildman–Crippen MR) is 125 cm³/mol. The van der Waals surface area contributed by atoms with Crippen LogP contribution in [0.4, 0.5) is 0 Å². The molecular weight excluding hydrogens is 380 g/mol. The van der Waals surface area contributed by atoms with Crippen LogP contribution in [-0.4, -0.2) is 23.2 Å². The van der Waals surface area contributed by atoms with Crippen LogP contribution in [0, 0.1) is 13.8 Å². The minimum atomic E-state index is 0.0157. The van der Waals surface area contributed by atoms with E-state index in [0.29, 0.717) is 23.9 Å². The lowest BCUT2D eigenvalue weighted by Gasteiger charge is -2.05. The minimum Gasteiger partial charge on any atom is -0.441 e. The summed E-state index contributed by atoms with van der Waals surface area (Å²) in [6, 6.07) is 8.08. The molecule has 0 unspecified atom stereocenters. The molecule has 1 amide bonds. The number of nitrogens with zero attached hydrogens (tertiary/aromatic N) is 1. The number of nitrogens with one attached hydrogen (secondary N) is 1. The summed E-state index contributed by atoms with van der Waals surface area (Å²) in [5.41, 5.74) is 4.10. The van der Waals surface area contributed by atoms with E-state index in [4.69, 9.17) is 4.42 Å². The Labute approximate surface area is 179 Å². The van der Waals surface area contributed by atoms with E-state index in [1.165, 1.54) is 17.3 Å². The fraction of sp³-hybridized carbons (Fsp3) is 0.333. The Morgan fingerprint density at radius 3 is 2.52 bits per heavy atom. The van der Waals surface area contributed by atoms with Gasteiger partial charge in [0.2, 0.25) is 11.8 Å². The van der Waals surface area contributed by atoms with Crippen molar-refractivity contribution in [2.24, 2.45) is 0 Å². The second-order valence-corrected chi connectivity index (χ2v) is 7.15. The molecule has 0 atom stereocenters. The van der Waals surface area contributed by atoms with Crippen molar-refractivity contribution >= 4 is 17.7 Å². The van der Waals surface area contributed by atoms with E-state index in [0.717, 1.165) is 29.0 Å². The maximum Gasteiger partial charge on any atom is 0.230 e. The first kappa shape index (κ1) is 24.5. The number of amides is 1. The normalized spacial score (nSPS) is 10.7. The van der Waals surface area contributed by atoms with Crippen LogP contribution in [0.2, 0.25) is 0 Å². The molecule has 2 rings (SSSR count). The van der Waals surface area contributed by atoms with Crippen molar-refractivity contribution in [1.82, 2.24) is 10.3 Å². The number of aromatic nitrogens is 1. The highest BCUT2D eigenvalue weighted by molar-refractivity contribution is 7.99. The van der Waals surface area contributed by atoms with Crippen LogP contribution in [-0.2, 0) is 10.5 Å². The second kappa shape index (κ2) is 13.6. The van der Waals surface area contributed by atoms with Crippen LogP contribution >= 0.6 is 11.8 Å². The van der Waals surface area contributed by atoms with Gasteiger partial charge in [0, 0.05) is 17.9 Å². The maximum absolute atomic E-state index is 12.0. The summed E-state index contributed by atoms with van der Waals surface area (Å²) in [6.45, 7) is 16.0. The van der Waals surface area contributed by atoms with E-state index < -0.39 is 0 Å². The zero-order valence-corrected chi connectivity index (χ0v) is 18.8. The Morgan fingerprint density at radius 1 is 1.21 bits per heavy atom. The number of aryl methyl sites for hydroxylation is 2. The van der Waals surface area contributed by atoms with E-state index in [-0.39, 0.29) is 5.91 Å². The van der Waals surface area contributed by atoms with Gasteiger partial charge in [0.25, 0.3) is 0 Å². The van der Waals surface area contributed by atoms with Crippen molar-refractivity contribution in [1.29, 1.82) is 0 Å². The van der Waals surface area contributed by atoms with Gasteiger partial charge in [0.05, 0.1) is 11.4 Å². The Bertz CT molecular complexity index is 820. The second-order valence-electron chi connectivity index (χ2n) is 6.16. The van der Waals surface area contributed by atoms with E-state index in [1.807, 2.05) is 58.0 Å². The van der Waals surface area contributed by atoms with Crippen LogP contribution in [0.25, 0.3) is 11.5 Å². The van der Waals surface area contributed by atoms with Crippen molar-refractivity contribution in [3.8, 4) is 11.5 Å². The number of carbonyl (C=O) groups excluding carboxylic acids is 1. The summed E-state index contributed by atoms with van der Waals surface area (Å²) in [5.74, 6) is 2.47. The quantitative estimate of drug-likeness (QED) is 0.485. The van der Waals surface area contributed by atoms with Crippen LogP contribution in [0.15, 0.2) is 65.6 Å². The molecule has 0 spiro atoms. The number of allylic oxidation sites excluding steroid dienone is 3. The summed E-state index contributed by atoms with van der Waals surface area (Å²) in [6.07, 6.45) is 6.14. The highest BCUT2D eigenvalue weighted by atomic mass is 32.2. The highest BCUT2D eigenvalue weighted by Gasteiger charge is 2.12. The largest absolute Gasteiger partial charge is 0.441 e. The molecule has 0 aliphatic carbocycles. The molecule has 0 aliphatic rings. The van der Waals surface area contributed by atoms with Gasteiger partial charge in [0.15, 0.2) is 0 Å². The first-order valence-electron chi connectivity index (χ1n) is 9.85. The monoisotopic (exact) mass is 412 g/mol. The summed E-state index contributed by atoms with van der Waals surface area (Å²) in [4.78, 5) is 16.5. The summed E-state index contributed by atoms with van der Waals surface area (Å²) >= 11 is 1.53. The van der Waals surface area contributed by atoms with Gasteiger partial charge < -0.3 is 9.73 Å². The van der Waals surface area contributed by atoms with Crippen molar-refractivity contribution < 1.29 is 9.21 Å². The molecule has 5 heteroatoms. The Hall–Kier alpha value is -2.53. The molecule has 0 saturated carbocycles.